The molecule has 7 heteroatoms. The molecule has 0 unspecified atom stereocenters. The van der Waals surface area contributed by atoms with E-state index in [1.54, 1.807) is 42.5 Å². The topological polar surface area (TPSA) is 70.7 Å². The van der Waals surface area contributed by atoms with Crippen LogP contribution in [-0.2, 0) is 9.53 Å². The molecule has 0 atom stereocenters. The number of halogens is 1. The minimum Gasteiger partial charge on any atom is -0.379 e. The van der Waals surface area contributed by atoms with Gasteiger partial charge in [-0.3, -0.25) is 14.5 Å². The lowest BCUT2D eigenvalue weighted by Gasteiger charge is -2.26. The zero-order chi connectivity index (χ0) is 21.2. The number of rotatable bonds is 8. The molecule has 1 heterocycles. The van der Waals surface area contributed by atoms with E-state index in [1.807, 2.05) is 18.2 Å². The maximum absolute atomic E-state index is 12.8. The number of nitrogens with zero attached hydrogens (tertiary/aromatic N) is 1. The summed E-state index contributed by atoms with van der Waals surface area (Å²) in [5, 5.41) is 6.12. The number of ether oxygens (including phenoxy) is 1. The van der Waals surface area contributed by atoms with Gasteiger partial charge in [0.2, 0.25) is 0 Å². The lowest BCUT2D eigenvalue weighted by Crippen LogP contribution is -2.39. The van der Waals surface area contributed by atoms with Gasteiger partial charge in [-0.1, -0.05) is 48.0 Å². The average Bonchev–Trinajstić information content (AvgIpc) is 2.78. The summed E-state index contributed by atoms with van der Waals surface area (Å²) in [6, 6.07) is 16.0. The van der Waals surface area contributed by atoms with E-state index in [0.29, 0.717) is 22.7 Å². The van der Waals surface area contributed by atoms with Gasteiger partial charge in [-0.2, -0.15) is 0 Å². The van der Waals surface area contributed by atoms with Crippen molar-refractivity contribution in [2.75, 3.05) is 39.4 Å². The first kappa shape index (κ1) is 22.0. The fourth-order valence-corrected chi connectivity index (χ4v) is 3.30. The number of hydrogen-bond donors (Lipinski definition) is 2. The largest absolute Gasteiger partial charge is 0.379 e. The highest BCUT2D eigenvalue weighted by molar-refractivity contribution is 6.32. The molecule has 2 amide bonds. The fourth-order valence-electron chi connectivity index (χ4n) is 3.11. The molecule has 1 saturated heterocycles. The molecule has 3 rings (SSSR count). The van der Waals surface area contributed by atoms with Crippen molar-refractivity contribution < 1.29 is 14.3 Å². The molecule has 0 radical (unpaired) electrons. The second-order valence-electron chi connectivity index (χ2n) is 6.96. The molecule has 6 nitrogen and oxygen atoms in total. The van der Waals surface area contributed by atoms with Crippen LogP contribution in [0.1, 0.15) is 22.3 Å². The SMILES string of the molecule is O=C(NCCCN1CCOCC1)C(=Cc1ccccc1Cl)NC(=O)c1ccccc1. The second kappa shape index (κ2) is 11.5. The van der Waals surface area contributed by atoms with Gasteiger partial charge in [-0.05, 0) is 42.8 Å². The Bertz CT molecular complexity index is 880. The normalized spacial score (nSPS) is 14.9. The van der Waals surface area contributed by atoms with Crippen molar-refractivity contribution in [1.82, 2.24) is 15.5 Å². The third kappa shape index (κ3) is 6.69. The number of nitrogens with one attached hydrogen (secondary N) is 2. The van der Waals surface area contributed by atoms with Gasteiger partial charge in [0.25, 0.3) is 11.8 Å². The van der Waals surface area contributed by atoms with E-state index in [4.69, 9.17) is 16.3 Å². The van der Waals surface area contributed by atoms with E-state index in [1.165, 1.54) is 0 Å². The zero-order valence-corrected chi connectivity index (χ0v) is 17.5. The van der Waals surface area contributed by atoms with Crippen molar-refractivity contribution in [3.63, 3.8) is 0 Å². The van der Waals surface area contributed by atoms with Gasteiger partial charge in [0.15, 0.2) is 0 Å². The van der Waals surface area contributed by atoms with Crippen LogP contribution in [0.3, 0.4) is 0 Å². The van der Waals surface area contributed by atoms with E-state index < -0.39 is 0 Å². The van der Waals surface area contributed by atoms with E-state index >= 15 is 0 Å². The Kier molecular flexibility index (Phi) is 8.44. The minimum atomic E-state index is -0.350. The van der Waals surface area contributed by atoms with Crippen molar-refractivity contribution in [1.29, 1.82) is 0 Å². The standard InChI is InChI=1S/C23H26ClN3O3/c24-20-10-5-4-9-19(20)17-21(26-22(28)18-7-2-1-3-8-18)23(29)25-11-6-12-27-13-15-30-16-14-27/h1-5,7-10,17H,6,11-16H2,(H,25,29)(H,26,28). The van der Waals surface area contributed by atoms with Crippen LogP contribution in [0.15, 0.2) is 60.3 Å². The third-order valence-electron chi connectivity index (χ3n) is 4.77. The number of carbonyl (C=O) groups excluding carboxylic acids is 2. The summed E-state index contributed by atoms with van der Waals surface area (Å²) in [5.74, 6) is -0.696. The van der Waals surface area contributed by atoms with Crippen LogP contribution in [0, 0.1) is 0 Å². The highest BCUT2D eigenvalue weighted by Crippen LogP contribution is 2.18. The summed E-state index contributed by atoms with van der Waals surface area (Å²) in [6.07, 6.45) is 2.41. The summed E-state index contributed by atoms with van der Waals surface area (Å²) in [7, 11) is 0. The molecule has 2 aromatic carbocycles. The van der Waals surface area contributed by atoms with Crippen LogP contribution in [-0.4, -0.2) is 56.1 Å². The molecule has 2 aromatic rings. The molecule has 1 aliphatic heterocycles. The molecule has 0 saturated carbocycles. The molecule has 1 fully saturated rings. The van der Waals surface area contributed by atoms with Gasteiger partial charge in [-0.25, -0.2) is 0 Å². The van der Waals surface area contributed by atoms with E-state index in [-0.39, 0.29) is 17.5 Å². The van der Waals surface area contributed by atoms with Crippen LogP contribution in [0.25, 0.3) is 6.08 Å². The molecule has 1 aliphatic rings. The maximum atomic E-state index is 12.8. The van der Waals surface area contributed by atoms with Crippen molar-refractivity contribution in [2.45, 2.75) is 6.42 Å². The van der Waals surface area contributed by atoms with Gasteiger partial charge in [0, 0.05) is 30.2 Å². The maximum Gasteiger partial charge on any atom is 0.267 e. The average molecular weight is 428 g/mol. The first-order valence-electron chi connectivity index (χ1n) is 10.0. The highest BCUT2D eigenvalue weighted by Gasteiger charge is 2.15. The summed E-state index contributed by atoms with van der Waals surface area (Å²) < 4.78 is 5.35. The van der Waals surface area contributed by atoms with Crippen molar-refractivity contribution >= 4 is 29.5 Å². The Labute approximate surface area is 181 Å². The second-order valence-corrected chi connectivity index (χ2v) is 7.37. The smallest absolute Gasteiger partial charge is 0.267 e. The molecule has 0 spiro atoms. The van der Waals surface area contributed by atoms with E-state index in [0.717, 1.165) is 39.3 Å². The summed E-state index contributed by atoms with van der Waals surface area (Å²) in [4.78, 5) is 27.7. The molecular formula is C23H26ClN3O3. The predicted octanol–water partition coefficient (Wildman–Crippen LogP) is 2.95. The van der Waals surface area contributed by atoms with Gasteiger partial charge in [-0.15, -0.1) is 0 Å². The van der Waals surface area contributed by atoms with Gasteiger partial charge < -0.3 is 15.4 Å². The molecule has 30 heavy (non-hydrogen) atoms. The molecule has 0 bridgehead atoms. The van der Waals surface area contributed by atoms with E-state index in [2.05, 4.69) is 15.5 Å². The Balaban J connectivity index is 1.64. The Morgan fingerprint density at radius 3 is 2.47 bits per heavy atom. The molecular weight excluding hydrogens is 402 g/mol. The van der Waals surface area contributed by atoms with Gasteiger partial charge in [0.1, 0.15) is 5.70 Å². The number of benzene rings is 2. The van der Waals surface area contributed by atoms with Gasteiger partial charge in [0.05, 0.1) is 13.2 Å². The Hall–Kier alpha value is -2.67. The van der Waals surface area contributed by atoms with Crippen LogP contribution in [0.5, 0.6) is 0 Å². The Morgan fingerprint density at radius 2 is 1.73 bits per heavy atom. The predicted molar refractivity (Wildman–Crippen MR) is 118 cm³/mol. The van der Waals surface area contributed by atoms with Crippen LogP contribution in [0.4, 0.5) is 0 Å². The molecule has 158 valence electrons. The Morgan fingerprint density at radius 1 is 1.03 bits per heavy atom. The van der Waals surface area contributed by atoms with Crippen LogP contribution < -0.4 is 10.6 Å². The molecule has 0 aliphatic carbocycles. The van der Waals surface area contributed by atoms with Crippen LogP contribution in [0.2, 0.25) is 5.02 Å². The number of morpholine rings is 1. The summed E-state index contributed by atoms with van der Waals surface area (Å²) in [6.45, 7) is 4.74. The summed E-state index contributed by atoms with van der Waals surface area (Å²) >= 11 is 6.23. The monoisotopic (exact) mass is 427 g/mol. The summed E-state index contributed by atoms with van der Waals surface area (Å²) in [5.41, 5.74) is 1.29. The molecule has 0 aromatic heterocycles. The first-order valence-corrected chi connectivity index (χ1v) is 10.4. The number of carbonyl (C=O) groups is 2. The lowest BCUT2D eigenvalue weighted by molar-refractivity contribution is -0.117. The van der Waals surface area contributed by atoms with Crippen molar-refractivity contribution in [3.05, 3.63) is 76.4 Å². The lowest BCUT2D eigenvalue weighted by atomic mass is 10.1. The number of amides is 2. The highest BCUT2D eigenvalue weighted by atomic mass is 35.5. The van der Waals surface area contributed by atoms with E-state index in [9.17, 15) is 9.59 Å². The minimum absolute atomic E-state index is 0.156. The van der Waals surface area contributed by atoms with Gasteiger partial charge >= 0.3 is 0 Å². The zero-order valence-electron chi connectivity index (χ0n) is 16.8. The first-order chi connectivity index (χ1) is 14.6. The van der Waals surface area contributed by atoms with Crippen molar-refractivity contribution in [2.24, 2.45) is 0 Å². The quantitative estimate of drug-likeness (QED) is 0.502. The van der Waals surface area contributed by atoms with Crippen molar-refractivity contribution in [3.8, 4) is 0 Å². The number of hydrogen-bond acceptors (Lipinski definition) is 4. The third-order valence-corrected chi connectivity index (χ3v) is 5.12. The van der Waals surface area contributed by atoms with Crippen LogP contribution >= 0.6 is 11.6 Å². The fraction of sp³-hybridized carbons (Fsp3) is 0.304. The molecule has 2 N–H and O–H groups in total.